The number of benzene rings is 2. The Kier molecular flexibility index (Phi) is 4.65. The molecule has 2 aliphatic heterocycles. The molecular formula is C22H22N6O. The molecule has 0 spiro atoms. The van der Waals surface area contributed by atoms with E-state index in [0.717, 1.165) is 48.1 Å². The number of para-hydroxylation sites is 2. The Morgan fingerprint density at radius 1 is 0.966 bits per heavy atom. The molecule has 1 amide bonds. The normalized spacial score (nSPS) is 16.8. The molecule has 2 aromatic carbocycles. The monoisotopic (exact) mass is 386 g/mol. The number of carbonyl (C=O) groups excluding carboxylic acids is 1. The smallest absolute Gasteiger partial charge is 0.236 e. The Labute approximate surface area is 169 Å². The first-order valence-corrected chi connectivity index (χ1v) is 9.96. The molecule has 5 rings (SSSR count). The quantitative estimate of drug-likeness (QED) is 0.687. The average molecular weight is 386 g/mol. The summed E-state index contributed by atoms with van der Waals surface area (Å²) in [5, 5.41) is 8.44. The van der Waals surface area contributed by atoms with Crippen molar-refractivity contribution in [2.45, 2.75) is 25.8 Å². The molecule has 29 heavy (non-hydrogen) atoms. The molecule has 0 unspecified atom stereocenters. The third-order valence-electron chi connectivity index (χ3n) is 5.41. The maximum Gasteiger partial charge on any atom is 0.236 e. The number of nitrogens with zero attached hydrogens (tertiary/aromatic N) is 6. The van der Waals surface area contributed by atoms with Crippen molar-refractivity contribution in [3.05, 3.63) is 60.4 Å². The van der Waals surface area contributed by atoms with Crippen molar-refractivity contribution in [2.24, 2.45) is 4.99 Å². The highest BCUT2D eigenvalue weighted by atomic mass is 16.2. The van der Waals surface area contributed by atoms with Crippen LogP contribution in [0.3, 0.4) is 0 Å². The predicted octanol–water partition coefficient (Wildman–Crippen LogP) is 3.63. The summed E-state index contributed by atoms with van der Waals surface area (Å²) in [6.45, 7) is 3.06. The second-order valence-electron chi connectivity index (χ2n) is 7.37. The van der Waals surface area contributed by atoms with E-state index < -0.39 is 0 Å². The number of hydrogen-bond acceptors (Lipinski definition) is 5. The highest BCUT2D eigenvalue weighted by Gasteiger charge is 2.23. The van der Waals surface area contributed by atoms with Gasteiger partial charge in [0, 0.05) is 12.8 Å². The zero-order valence-corrected chi connectivity index (χ0v) is 16.1. The number of hydrogen-bond donors (Lipinski definition) is 0. The zero-order valence-electron chi connectivity index (χ0n) is 16.1. The van der Waals surface area contributed by atoms with Crippen LogP contribution in [0.1, 0.15) is 25.0 Å². The Bertz CT molecular complexity index is 1070. The fourth-order valence-corrected chi connectivity index (χ4v) is 4.01. The Balaban J connectivity index is 1.51. The molecule has 3 aromatic rings. The topological polar surface area (TPSA) is 66.6 Å². The number of carbonyl (C=O) groups is 1. The highest BCUT2D eigenvalue weighted by Crippen LogP contribution is 2.36. The van der Waals surface area contributed by atoms with E-state index >= 15 is 0 Å². The van der Waals surface area contributed by atoms with Crippen molar-refractivity contribution in [3.63, 3.8) is 0 Å². The second kappa shape index (κ2) is 7.60. The summed E-state index contributed by atoms with van der Waals surface area (Å²) in [5.74, 6) is -0.00766. The second-order valence-corrected chi connectivity index (χ2v) is 7.37. The van der Waals surface area contributed by atoms with Crippen molar-refractivity contribution < 1.29 is 4.79 Å². The summed E-state index contributed by atoms with van der Waals surface area (Å²) in [7, 11) is 0. The van der Waals surface area contributed by atoms with E-state index in [1.807, 2.05) is 59.4 Å². The lowest BCUT2D eigenvalue weighted by Gasteiger charge is -2.23. The van der Waals surface area contributed by atoms with Crippen molar-refractivity contribution in [3.8, 4) is 5.69 Å². The molecule has 0 saturated carbocycles. The van der Waals surface area contributed by atoms with E-state index in [2.05, 4.69) is 20.2 Å². The van der Waals surface area contributed by atoms with Crippen molar-refractivity contribution in [2.75, 3.05) is 18.0 Å². The van der Waals surface area contributed by atoms with E-state index in [1.54, 1.807) is 11.1 Å². The number of anilines is 2. The summed E-state index contributed by atoms with van der Waals surface area (Å²) in [6, 6.07) is 15.6. The average Bonchev–Trinajstić information content (AvgIpc) is 3.39. The first-order chi connectivity index (χ1) is 14.3. The summed E-state index contributed by atoms with van der Waals surface area (Å²) in [5.41, 5.74) is 4.33. The van der Waals surface area contributed by atoms with Gasteiger partial charge in [-0.05, 0) is 56.3 Å². The van der Waals surface area contributed by atoms with Crippen LogP contribution >= 0.6 is 0 Å². The van der Waals surface area contributed by atoms with Gasteiger partial charge in [0.15, 0.2) is 0 Å². The van der Waals surface area contributed by atoms with Crippen LogP contribution in [0, 0.1) is 0 Å². The van der Waals surface area contributed by atoms with Gasteiger partial charge in [0.2, 0.25) is 5.91 Å². The highest BCUT2D eigenvalue weighted by molar-refractivity contribution is 6.10. The van der Waals surface area contributed by atoms with Crippen LogP contribution in [-0.4, -0.2) is 45.1 Å². The number of rotatable bonds is 4. The van der Waals surface area contributed by atoms with Gasteiger partial charge in [0.05, 0.1) is 41.1 Å². The summed E-state index contributed by atoms with van der Waals surface area (Å²) in [6.07, 6.45) is 6.26. The number of fused-ring (bicyclic) bond motifs is 1. The minimum atomic E-state index is -0.00766. The number of aliphatic imine (C=N–C) groups is 1. The van der Waals surface area contributed by atoms with Gasteiger partial charge in [-0.1, -0.05) is 23.4 Å². The van der Waals surface area contributed by atoms with E-state index in [0.29, 0.717) is 0 Å². The van der Waals surface area contributed by atoms with Crippen LogP contribution < -0.4 is 4.90 Å². The van der Waals surface area contributed by atoms with Gasteiger partial charge in [-0.15, -0.1) is 5.10 Å². The minimum Gasteiger partial charge on any atom is -0.297 e. The van der Waals surface area contributed by atoms with E-state index in [1.165, 1.54) is 12.8 Å². The molecule has 146 valence electrons. The molecule has 0 aliphatic carbocycles. The Morgan fingerprint density at radius 2 is 1.79 bits per heavy atom. The summed E-state index contributed by atoms with van der Waals surface area (Å²) >= 11 is 0. The summed E-state index contributed by atoms with van der Waals surface area (Å²) in [4.78, 5) is 21.5. The predicted molar refractivity (Wildman–Crippen MR) is 112 cm³/mol. The molecule has 2 aliphatic rings. The first-order valence-electron chi connectivity index (χ1n) is 9.96. The zero-order chi connectivity index (χ0) is 19.6. The molecular weight excluding hydrogens is 364 g/mol. The third kappa shape index (κ3) is 3.45. The Hall–Kier alpha value is -3.32. The van der Waals surface area contributed by atoms with Gasteiger partial charge in [-0.3, -0.25) is 19.6 Å². The third-order valence-corrected chi connectivity index (χ3v) is 5.41. The lowest BCUT2D eigenvalue weighted by Crippen LogP contribution is -2.25. The first kappa shape index (κ1) is 17.8. The van der Waals surface area contributed by atoms with Crippen LogP contribution in [0.15, 0.2) is 59.7 Å². The van der Waals surface area contributed by atoms with E-state index in [9.17, 15) is 4.79 Å². The van der Waals surface area contributed by atoms with Gasteiger partial charge < -0.3 is 0 Å². The van der Waals surface area contributed by atoms with Crippen LogP contribution in [-0.2, 0) is 11.3 Å². The van der Waals surface area contributed by atoms with Crippen LogP contribution in [0.5, 0.6) is 0 Å². The van der Waals surface area contributed by atoms with Crippen molar-refractivity contribution in [1.29, 1.82) is 0 Å². The van der Waals surface area contributed by atoms with Crippen LogP contribution in [0.25, 0.3) is 5.69 Å². The van der Waals surface area contributed by atoms with Gasteiger partial charge in [-0.25, -0.2) is 4.68 Å². The molecule has 0 bridgehead atoms. The maximum atomic E-state index is 12.9. The Morgan fingerprint density at radius 3 is 2.69 bits per heavy atom. The SMILES string of the molecule is O=C1CC=Nc2ccccc2N1c1cccc(-n2nncc2CN2CCCC2)c1. The number of amides is 1. The van der Waals surface area contributed by atoms with Gasteiger partial charge >= 0.3 is 0 Å². The fraction of sp³-hybridized carbons (Fsp3) is 0.273. The number of aromatic nitrogens is 3. The maximum absolute atomic E-state index is 12.9. The molecule has 0 atom stereocenters. The van der Waals surface area contributed by atoms with Crippen molar-refractivity contribution >= 4 is 29.2 Å². The van der Waals surface area contributed by atoms with Crippen LogP contribution in [0.4, 0.5) is 17.1 Å². The molecule has 7 nitrogen and oxygen atoms in total. The largest absolute Gasteiger partial charge is 0.297 e. The lowest BCUT2D eigenvalue weighted by atomic mass is 10.2. The van der Waals surface area contributed by atoms with Crippen LogP contribution in [0.2, 0.25) is 0 Å². The number of likely N-dealkylation sites (tertiary alicyclic amines) is 1. The minimum absolute atomic E-state index is 0.00766. The fourth-order valence-electron chi connectivity index (χ4n) is 4.01. The van der Waals surface area contributed by atoms with E-state index in [4.69, 9.17) is 0 Å². The van der Waals surface area contributed by atoms with E-state index in [-0.39, 0.29) is 12.3 Å². The lowest BCUT2D eigenvalue weighted by molar-refractivity contribution is -0.116. The molecule has 7 heteroatoms. The van der Waals surface area contributed by atoms with Gasteiger partial charge in [0.25, 0.3) is 0 Å². The standard InChI is InChI=1S/C22H22N6O/c29-22-10-11-23-20-8-1-2-9-21(20)27(22)17-6-5-7-18(14-17)28-19(15-24-25-28)16-26-12-3-4-13-26/h1-2,5-9,11,14-15H,3-4,10,12-13,16H2. The molecule has 1 aromatic heterocycles. The van der Waals surface area contributed by atoms with Gasteiger partial charge in [0.1, 0.15) is 0 Å². The molecule has 3 heterocycles. The van der Waals surface area contributed by atoms with Gasteiger partial charge in [-0.2, -0.15) is 0 Å². The molecule has 0 radical (unpaired) electrons. The molecule has 1 fully saturated rings. The molecule has 1 saturated heterocycles. The molecule has 0 N–H and O–H groups in total. The van der Waals surface area contributed by atoms with Crippen molar-refractivity contribution in [1.82, 2.24) is 19.9 Å². The summed E-state index contributed by atoms with van der Waals surface area (Å²) < 4.78 is 1.87.